The molecule has 6 nitrogen and oxygen atoms in total. The Labute approximate surface area is 187 Å². The topological polar surface area (TPSA) is 79.9 Å². The molecule has 164 valence electrons. The maximum atomic E-state index is 12.8. The van der Waals surface area contributed by atoms with Crippen molar-refractivity contribution >= 4 is 33.3 Å². The summed E-state index contributed by atoms with van der Waals surface area (Å²) in [6.45, 7) is 10.8. The zero-order chi connectivity index (χ0) is 22.5. The first-order valence-electron chi connectivity index (χ1n) is 10.5. The number of aromatic nitrogens is 2. The van der Waals surface area contributed by atoms with Crippen LogP contribution in [0.1, 0.15) is 64.2 Å². The van der Waals surface area contributed by atoms with E-state index in [1.54, 1.807) is 29.0 Å². The van der Waals surface area contributed by atoms with Crippen molar-refractivity contribution in [3.63, 3.8) is 0 Å². The molecule has 0 fully saturated rings. The molecule has 0 radical (unpaired) electrons. The van der Waals surface area contributed by atoms with Crippen LogP contribution in [0.15, 0.2) is 35.1 Å². The average Bonchev–Trinajstić information content (AvgIpc) is 3.03. The number of aryl methyl sites for hydroxylation is 1. The van der Waals surface area contributed by atoms with Gasteiger partial charge < -0.3 is 14.5 Å². The maximum Gasteiger partial charge on any atom is 0.229 e. The Hall–Kier alpha value is -2.15. The number of benzene rings is 1. The van der Waals surface area contributed by atoms with E-state index in [2.05, 4.69) is 35.1 Å². The van der Waals surface area contributed by atoms with Gasteiger partial charge in [0.05, 0.1) is 12.2 Å². The van der Waals surface area contributed by atoms with E-state index in [-0.39, 0.29) is 18.2 Å². The van der Waals surface area contributed by atoms with Crippen LogP contribution in [0, 0.1) is 16.7 Å². The predicted octanol–water partition coefficient (Wildman–Crippen LogP) is 5.23. The Morgan fingerprint density at radius 1 is 1.13 bits per heavy atom. The Kier molecular flexibility index (Phi) is 8.24. The number of ketones is 1. The van der Waals surface area contributed by atoms with Crippen molar-refractivity contribution in [3.8, 4) is 0 Å². The molecule has 0 saturated heterocycles. The van der Waals surface area contributed by atoms with E-state index in [0.717, 1.165) is 25.8 Å². The molecular formula is C23H33BrN4O2. The van der Waals surface area contributed by atoms with Crippen molar-refractivity contribution in [2.24, 2.45) is 11.3 Å². The van der Waals surface area contributed by atoms with Gasteiger partial charge in [0, 0.05) is 34.4 Å². The van der Waals surface area contributed by atoms with Crippen LogP contribution in [0.25, 0.3) is 0 Å². The van der Waals surface area contributed by atoms with Crippen LogP contribution in [-0.2, 0) is 17.9 Å². The highest BCUT2D eigenvalue weighted by Crippen LogP contribution is 2.26. The average molecular weight is 477 g/mol. The summed E-state index contributed by atoms with van der Waals surface area (Å²) in [5, 5.41) is 11.2. The highest BCUT2D eigenvalue weighted by molar-refractivity contribution is 9.10. The highest BCUT2D eigenvalue weighted by atomic mass is 79.9. The molecule has 0 aliphatic heterocycles. The van der Waals surface area contributed by atoms with Crippen LogP contribution >= 0.6 is 15.9 Å². The lowest BCUT2D eigenvalue weighted by molar-refractivity contribution is -0.123. The Balaban J connectivity index is 2.07. The van der Waals surface area contributed by atoms with E-state index in [0.29, 0.717) is 27.3 Å². The van der Waals surface area contributed by atoms with Gasteiger partial charge in [-0.2, -0.15) is 0 Å². The smallest absolute Gasteiger partial charge is 0.229 e. The predicted molar refractivity (Wildman–Crippen MR) is 124 cm³/mol. The fourth-order valence-corrected chi connectivity index (χ4v) is 3.62. The molecule has 0 aliphatic rings. The van der Waals surface area contributed by atoms with E-state index in [1.807, 2.05) is 31.5 Å². The summed E-state index contributed by atoms with van der Waals surface area (Å²) in [5.41, 5.74) is 0.999. The summed E-state index contributed by atoms with van der Waals surface area (Å²) in [7, 11) is 0. The van der Waals surface area contributed by atoms with Crippen molar-refractivity contribution in [2.75, 3.05) is 5.32 Å². The number of hydrogen-bond acceptors (Lipinski definition) is 3. The van der Waals surface area contributed by atoms with E-state index in [1.165, 1.54) is 0 Å². The molecule has 1 aromatic carbocycles. The van der Waals surface area contributed by atoms with Crippen molar-refractivity contribution in [3.05, 3.63) is 46.2 Å². The lowest BCUT2D eigenvalue weighted by Crippen LogP contribution is -2.28. The molecule has 1 aromatic heterocycles. The molecule has 0 aliphatic carbocycles. The summed E-state index contributed by atoms with van der Waals surface area (Å²) in [6, 6.07) is 5.16. The second-order valence-corrected chi connectivity index (χ2v) is 9.59. The fraction of sp³-hybridized carbons (Fsp3) is 0.522. The number of Topliss-reactive ketones (excluding diaryl/α,β-unsaturated/α-hetero) is 1. The SMILES string of the molecule is CCC(CC)CCn1ccn(CC(=O)c2ccc(NC(=O)C(C)(C)C)c(Br)c2)c1=N. The van der Waals surface area contributed by atoms with Gasteiger partial charge in [-0.1, -0.05) is 47.5 Å². The van der Waals surface area contributed by atoms with Crippen LogP contribution in [0.4, 0.5) is 5.69 Å². The zero-order valence-corrected chi connectivity index (χ0v) is 20.2. The Morgan fingerprint density at radius 2 is 1.77 bits per heavy atom. The quantitative estimate of drug-likeness (QED) is 0.486. The number of anilines is 1. The van der Waals surface area contributed by atoms with Crippen LogP contribution in [0.3, 0.4) is 0 Å². The lowest BCUT2D eigenvalue weighted by atomic mass is 9.95. The summed E-state index contributed by atoms with van der Waals surface area (Å²) < 4.78 is 4.22. The Morgan fingerprint density at radius 3 is 2.33 bits per heavy atom. The monoisotopic (exact) mass is 476 g/mol. The third-order valence-corrected chi connectivity index (χ3v) is 6.09. The van der Waals surface area contributed by atoms with Crippen LogP contribution in [0.2, 0.25) is 0 Å². The molecule has 0 spiro atoms. The molecule has 0 bridgehead atoms. The van der Waals surface area contributed by atoms with Gasteiger partial charge in [0.15, 0.2) is 5.78 Å². The largest absolute Gasteiger partial charge is 0.325 e. The van der Waals surface area contributed by atoms with E-state index in [4.69, 9.17) is 5.41 Å². The maximum absolute atomic E-state index is 12.8. The number of nitrogens with zero attached hydrogens (tertiary/aromatic N) is 2. The van der Waals surface area contributed by atoms with Crippen LogP contribution < -0.4 is 10.9 Å². The number of carbonyl (C=O) groups excluding carboxylic acids is 2. The van der Waals surface area contributed by atoms with Gasteiger partial charge in [-0.15, -0.1) is 0 Å². The molecule has 7 heteroatoms. The molecule has 1 amide bonds. The number of hydrogen-bond donors (Lipinski definition) is 2. The minimum atomic E-state index is -0.503. The first-order valence-corrected chi connectivity index (χ1v) is 11.3. The third-order valence-electron chi connectivity index (χ3n) is 5.44. The summed E-state index contributed by atoms with van der Waals surface area (Å²) >= 11 is 3.45. The number of carbonyl (C=O) groups is 2. The van der Waals surface area contributed by atoms with Gasteiger partial charge in [-0.3, -0.25) is 15.0 Å². The molecule has 30 heavy (non-hydrogen) atoms. The second-order valence-electron chi connectivity index (χ2n) is 8.74. The molecule has 1 heterocycles. The highest BCUT2D eigenvalue weighted by Gasteiger charge is 2.22. The first-order chi connectivity index (χ1) is 14.1. The molecule has 0 atom stereocenters. The van der Waals surface area contributed by atoms with Crippen LogP contribution in [0.5, 0.6) is 0 Å². The number of halogens is 1. The van der Waals surface area contributed by atoms with Gasteiger partial charge in [0.2, 0.25) is 11.5 Å². The van der Waals surface area contributed by atoms with Crippen molar-refractivity contribution in [2.45, 2.75) is 67.0 Å². The number of rotatable bonds is 9. The van der Waals surface area contributed by atoms with Gasteiger partial charge in [-0.05, 0) is 46.5 Å². The first kappa shape index (κ1) is 24.1. The molecular weight excluding hydrogens is 444 g/mol. The lowest BCUT2D eigenvalue weighted by Gasteiger charge is -2.18. The molecule has 2 aromatic rings. The van der Waals surface area contributed by atoms with E-state index >= 15 is 0 Å². The van der Waals surface area contributed by atoms with Gasteiger partial charge in [-0.25, -0.2) is 0 Å². The summed E-state index contributed by atoms with van der Waals surface area (Å²) in [6.07, 6.45) is 6.99. The van der Waals surface area contributed by atoms with Crippen molar-refractivity contribution < 1.29 is 9.59 Å². The van der Waals surface area contributed by atoms with E-state index < -0.39 is 5.41 Å². The Bertz CT molecular complexity index is 949. The number of nitrogens with one attached hydrogen (secondary N) is 2. The van der Waals surface area contributed by atoms with Gasteiger partial charge in [0.1, 0.15) is 0 Å². The normalized spacial score (nSPS) is 11.7. The molecule has 2 N–H and O–H groups in total. The zero-order valence-electron chi connectivity index (χ0n) is 18.6. The molecule has 0 saturated carbocycles. The standard InChI is InChI=1S/C23H33BrN4O2/c1-6-16(7-2)10-11-27-12-13-28(22(27)25)15-20(29)17-8-9-19(18(24)14-17)26-21(30)23(3,4)5/h8-9,12-14,16,25H,6-7,10-11,15H2,1-5H3,(H,26,30). The minimum Gasteiger partial charge on any atom is -0.325 e. The third kappa shape index (κ3) is 6.17. The molecule has 2 rings (SSSR count). The minimum absolute atomic E-state index is 0.0827. The van der Waals surface area contributed by atoms with Crippen molar-refractivity contribution in [1.82, 2.24) is 9.13 Å². The summed E-state index contributed by atoms with van der Waals surface area (Å²) in [4.78, 5) is 25.0. The second kappa shape index (κ2) is 10.2. The number of imidazole rings is 1. The fourth-order valence-electron chi connectivity index (χ4n) is 3.14. The van der Waals surface area contributed by atoms with Gasteiger partial charge >= 0.3 is 0 Å². The number of amides is 1. The van der Waals surface area contributed by atoms with Gasteiger partial charge in [0.25, 0.3) is 0 Å². The summed E-state index contributed by atoms with van der Waals surface area (Å²) in [5.74, 6) is 0.489. The van der Waals surface area contributed by atoms with Crippen LogP contribution in [-0.4, -0.2) is 20.8 Å². The molecule has 0 unspecified atom stereocenters. The van der Waals surface area contributed by atoms with Crippen molar-refractivity contribution in [1.29, 1.82) is 5.41 Å². The van der Waals surface area contributed by atoms with E-state index in [9.17, 15) is 9.59 Å².